The van der Waals surface area contributed by atoms with Crippen LogP contribution in [-0.4, -0.2) is 37.5 Å². The normalized spacial score (nSPS) is 11.3. The molecule has 0 aliphatic rings. The minimum Gasteiger partial charge on any atom is -0.363 e. The van der Waals surface area contributed by atoms with Gasteiger partial charge in [0.2, 0.25) is 0 Å². The minimum atomic E-state index is -3.66. The average Bonchev–Trinajstić information content (AvgIpc) is 2.88. The predicted molar refractivity (Wildman–Crippen MR) is 77.3 cm³/mol. The molecule has 2 aromatic heterocycles. The third kappa shape index (κ3) is 3.08. The highest BCUT2D eigenvalue weighted by Crippen LogP contribution is 2.16. The van der Waals surface area contributed by atoms with Crippen LogP contribution in [0.5, 0.6) is 0 Å². The molecule has 0 amide bonds. The molecule has 0 atom stereocenters. The Kier molecular flexibility index (Phi) is 3.93. The maximum absolute atomic E-state index is 12.1. The summed E-state index contributed by atoms with van der Waals surface area (Å²) in [4.78, 5) is 12.7. The molecule has 108 valence electrons. The van der Waals surface area contributed by atoms with E-state index in [0.29, 0.717) is 17.9 Å². The zero-order valence-corrected chi connectivity index (χ0v) is 12.4. The monoisotopic (exact) mass is 295 g/mol. The molecular formula is C12H17N5O2S. The molecule has 2 heterocycles. The van der Waals surface area contributed by atoms with E-state index in [0.717, 1.165) is 5.82 Å². The number of hydrogen-bond donors (Lipinski definition) is 2. The minimum absolute atomic E-state index is 0.0473. The molecule has 2 aromatic rings. The third-order valence-corrected chi connectivity index (χ3v) is 3.98. The Balaban J connectivity index is 2.19. The first kappa shape index (κ1) is 14.3. The van der Waals surface area contributed by atoms with Gasteiger partial charge >= 0.3 is 0 Å². The molecule has 0 spiro atoms. The SMILES string of the molecule is CCc1ncc(S(=O)(=O)Nc2ccc(N(C)C)nc2)[nH]1. The van der Waals surface area contributed by atoms with Crippen molar-refractivity contribution >= 4 is 21.5 Å². The molecule has 7 nitrogen and oxygen atoms in total. The molecule has 0 unspecified atom stereocenters. The van der Waals surface area contributed by atoms with Crippen LogP contribution < -0.4 is 9.62 Å². The first-order chi connectivity index (χ1) is 9.42. The van der Waals surface area contributed by atoms with E-state index < -0.39 is 10.0 Å². The van der Waals surface area contributed by atoms with E-state index >= 15 is 0 Å². The maximum atomic E-state index is 12.1. The fourth-order valence-electron chi connectivity index (χ4n) is 1.58. The molecule has 0 fully saturated rings. The number of pyridine rings is 1. The van der Waals surface area contributed by atoms with Gasteiger partial charge in [0, 0.05) is 20.5 Å². The van der Waals surface area contributed by atoms with Crippen molar-refractivity contribution in [1.29, 1.82) is 0 Å². The molecule has 0 saturated carbocycles. The lowest BCUT2D eigenvalue weighted by Gasteiger charge is -2.11. The number of nitrogens with one attached hydrogen (secondary N) is 2. The van der Waals surface area contributed by atoms with Crippen LogP contribution in [0.2, 0.25) is 0 Å². The summed E-state index contributed by atoms with van der Waals surface area (Å²) in [5.41, 5.74) is 0.406. The van der Waals surface area contributed by atoms with Gasteiger partial charge in [0.1, 0.15) is 11.6 Å². The van der Waals surface area contributed by atoms with E-state index in [1.165, 1.54) is 12.4 Å². The van der Waals surface area contributed by atoms with Crippen molar-refractivity contribution in [2.24, 2.45) is 0 Å². The Morgan fingerprint density at radius 2 is 2.00 bits per heavy atom. The summed E-state index contributed by atoms with van der Waals surface area (Å²) in [7, 11) is 0.0709. The number of imidazole rings is 1. The van der Waals surface area contributed by atoms with Crippen molar-refractivity contribution < 1.29 is 8.42 Å². The lowest BCUT2D eigenvalue weighted by molar-refractivity contribution is 0.598. The van der Waals surface area contributed by atoms with Crippen LogP contribution in [0.3, 0.4) is 0 Å². The van der Waals surface area contributed by atoms with Crippen LogP contribution in [0.15, 0.2) is 29.6 Å². The topological polar surface area (TPSA) is 91.0 Å². The number of aromatic nitrogens is 3. The predicted octanol–water partition coefficient (Wildman–Crippen LogP) is 1.23. The number of anilines is 2. The molecule has 0 radical (unpaired) electrons. The standard InChI is InChI=1S/C12H17N5O2S/c1-4-10-13-8-12(15-10)20(18,19)16-9-5-6-11(14-7-9)17(2)3/h5-8,16H,4H2,1-3H3,(H,13,15). The average molecular weight is 295 g/mol. The maximum Gasteiger partial charge on any atom is 0.279 e. The van der Waals surface area contributed by atoms with Gasteiger partial charge in [-0.25, -0.2) is 9.97 Å². The number of sulfonamides is 1. The molecule has 2 N–H and O–H groups in total. The van der Waals surface area contributed by atoms with Crippen LogP contribution in [0.4, 0.5) is 11.5 Å². The van der Waals surface area contributed by atoms with Gasteiger partial charge in [-0.1, -0.05) is 6.92 Å². The summed E-state index contributed by atoms with van der Waals surface area (Å²) in [6.07, 6.45) is 3.43. The van der Waals surface area contributed by atoms with Crippen molar-refractivity contribution in [3.63, 3.8) is 0 Å². The van der Waals surface area contributed by atoms with Gasteiger partial charge < -0.3 is 9.88 Å². The first-order valence-electron chi connectivity index (χ1n) is 6.12. The first-order valence-corrected chi connectivity index (χ1v) is 7.61. The van der Waals surface area contributed by atoms with Crippen molar-refractivity contribution in [2.45, 2.75) is 18.4 Å². The molecule has 0 bridgehead atoms. The summed E-state index contributed by atoms with van der Waals surface area (Å²) >= 11 is 0. The van der Waals surface area contributed by atoms with E-state index in [-0.39, 0.29) is 5.03 Å². The number of rotatable bonds is 5. The lowest BCUT2D eigenvalue weighted by Crippen LogP contribution is -2.14. The molecule has 8 heteroatoms. The van der Waals surface area contributed by atoms with Crippen molar-refractivity contribution in [1.82, 2.24) is 15.0 Å². The highest BCUT2D eigenvalue weighted by atomic mass is 32.2. The summed E-state index contributed by atoms with van der Waals surface area (Å²) in [5.74, 6) is 1.38. The van der Waals surface area contributed by atoms with Gasteiger partial charge in [-0.2, -0.15) is 8.42 Å². The Hall–Kier alpha value is -2.09. The Bertz CT molecular complexity index is 676. The van der Waals surface area contributed by atoms with Gasteiger partial charge in [0.05, 0.1) is 18.1 Å². The second kappa shape index (κ2) is 5.49. The van der Waals surface area contributed by atoms with Crippen LogP contribution >= 0.6 is 0 Å². The number of aryl methyl sites for hydroxylation is 1. The Morgan fingerprint density at radius 1 is 1.25 bits per heavy atom. The lowest BCUT2D eigenvalue weighted by atomic mass is 10.4. The number of hydrogen-bond acceptors (Lipinski definition) is 5. The van der Waals surface area contributed by atoms with Crippen LogP contribution in [0.25, 0.3) is 0 Å². The summed E-state index contributed by atoms with van der Waals surface area (Å²) in [5, 5.41) is 0.0473. The number of H-pyrrole nitrogens is 1. The van der Waals surface area contributed by atoms with Crippen LogP contribution in [-0.2, 0) is 16.4 Å². The highest BCUT2D eigenvalue weighted by Gasteiger charge is 2.17. The van der Waals surface area contributed by atoms with E-state index in [2.05, 4.69) is 19.7 Å². The molecule has 0 aliphatic carbocycles. The number of nitrogens with zero attached hydrogens (tertiary/aromatic N) is 3. The van der Waals surface area contributed by atoms with E-state index in [1.807, 2.05) is 25.9 Å². The molecule has 0 saturated heterocycles. The fraction of sp³-hybridized carbons (Fsp3) is 0.333. The molecule has 20 heavy (non-hydrogen) atoms. The van der Waals surface area contributed by atoms with Gasteiger partial charge in [-0.3, -0.25) is 4.72 Å². The fourth-order valence-corrected chi connectivity index (χ4v) is 2.57. The Labute approximate surface area is 118 Å². The summed E-state index contributed by atoms with van der Waals surface area (Å²) in [6, 6.07) is 3.40. The second-order valence-electron chi connectivity index (χ2n) is 4.45. The molecular weight excluding hydrogens is 278 g/mol. The van der Waals surface area contributed by atoms with E-state index in [4.69, 9.17) is 0 Å². The zero-order valence-electron chi connectivity index (χ0n) is 11.6. The Morgan fingerprint density at radius 3 is 2.50 bits per heavy atom. The molecule has 0 aliphatic heterocycles. The smallest absolute Gasteiger partial charge is 0.279 e. The summed E-state index contributed by atoms with van der Waals surface area (Å²) < 4.78 is 26.7. The highest BCUT2D eigenvalue weighted by molar-refractivity contribution is 7.92. The second-order valence-corrected chi connectivity index (χ2v) is 6.10. The molecule has 2 rings (SSSR count). The number of aromatic amines is 1. The van der Waals surface area contributed by atoms with Gasteiger partial charge in [0.25, 0.3) is 10.0 Å². The van der Waals surface area contributed by atoms with Gasteiger partial charge in [0.15, 0.2) is 5.03 Å². The van der Waals surface area contributed by atoms with E-state index in [1.54, 1.807) is 12.1 Å². The van der Waals surface area contributed by atoms with Gasteiger partial charge in [-0.15, -0.1) is 0 Å². The van der Waals surface area contributed by atoms with E-state index in [9.17, 15) is 8.42 Å². The van der Waals surface area contributed by atoms with Crippen molar-refractivity contribution in [3.05, 3.63) is 30.4 Å². The van der Waals surface area contributed by atoms with Crippen molar-refractivity contribution in [2.75, 3.05) is 23.7 Å². The van der Waals surface area contributed by atoms with Crippen LogP contribution in [0, 0.1) is 0 Å². The quantitative estimate of drug-likeness (QED) is 0.866. The third-order valence-electron chi connectivity index (χ3n) is 2.69. The zero-order chi connectivity index (χ0) is 14.8. The largest absolute Gasteiger partial charge is 0.363 e. The summed E-state index contributed by atoms with van der Waals surface area (Å²) in [6.45, 7) is 1.90. The van der Waals surface area contributed by atoms with Crippen LogP contribution in [0.1, 0.15) is 12.7 Å². The van der Waals surface area contributed by atoms with Gasteiger partial charge in [-0.05, 0) is 12.1 Å². The van der Waals surface area contributed by atoms with Crippen molar-refractivity contribution in [3.8, 4) is 0 Å². The molecule has 0 aromatic carbocycles.